The van der Waals surface area contributed by atoms with Crippen molar-refractivity contribution in [3.8, 4) is 11.4 Å². The summed E-state index contributed by atoms with van der Waals surface area (Å²) >= 11 is 1.27. The van der Waals surface area contributed by atoms with Crippen molar-refractivity contribution in [3.63, 3.8) is 0 Å². The van der Waals surface area contributed by atoms with Crippen LogP contribution in [0, 0.1) is 0 Å². The van der Waals surface area contributed by atoms with Gasteiger partial charge in [0.25, 0.3) is 5.91 Å². The second kappa shape index (κ2) is 8.09. The van der Waals surface area contributed by atoms with Crippen molar-refractivity contribution in [1.82, 2.24) is 20.3 Å². The van der Waals surface area contributed by atoms with Gasteiger partial charge in [0.1, 0.15) is 10.7 Å². The molecule has 0 aromatic carbocycles. The molecule has 5 N–H and O–H groups in total. The van der Waals surface area contributed by atoms with Crippen LogP contribution in [0.4, 0.5) is 13.2 Å². The van der Waals surface area contributed by atoms with Crippen LogP contribution in [0.2, 0.25) is 0 Å². The van der Waals surface area contributed by atoms with Crippen molar-refractivity contribution in [2.24, 2.45) is 5.73 Å². The van der Waals surface area contributed by atoms with Crippen LogP contribution in [-0.2, 0) is 12.8 Å². The minimum Gasteiger partial charge on any atom is -0.390 e. The molecular formula is C17H16F3N5O2S. The van der Waals surface area contributed by atoms with Gasteiger partial charge in [-0.3, -0.25) is 9.78 Å². The summed E-state index contributed by atoms with van der Waals surface area (Å²) in [4.78, 5) is 23.3. The number of nitrogens with zero attached hydrogens (tertiary/aromatic N) is 2. The van der Waals surface area contributed by atoms with Crippen molar-refractivity contribution in [2.45, 2.75) is 18.8 Å². The van der Waals surface area contributed by atoms with E-state index in [9.17, 15) is 18.0 Å². The third-order valence-corrected chi connectivity index (χ3v) is 4.88. The van der Waals surface area contributed by atoms with Crippen LogP contribution in [-0.4, -0.2) is 32.5 Å². The van der Waals surface area contributed by atoms with Gasteiger partial charge in [-0.2, -0.15) is 13.2 Å². The van der Waals surface area contributed by atoms with Gasteiger partial charge >= 0.3 is 6.18 Å². The van der Waals surface area contributed by atoms with Crippen LogP contribution in [0.25, 0.3) is 11.4 Å². The van der Waals surface area contributed by atoms with Gasteiger partial charge < -0.3 is 21.1 Å². The first-order valence-corrected chi connectivity index (χ1v) is 8.98. The monoisotopic (exact) mass is 411 g/mol. The molecule has 3 aromatic rings. The highest BCUT2D eigenvalue weighted by atomic mass is 32.1. The zero-order valence-electron chi connectivity index (χ0n) is 14.3. The molecular weight excluding hydrogens is 395 g/mol. The summed E-state index contributed by atoms with van der Waals surface area (Å²) in [5.41, 5.74) is 6.22. The number of hydrogen-bond donors (Lipinski definition) is 4. The first-order chi connectivity index (χ1) is 13.3. The zero-order chi connectivity index (χ0) is 20.3. The molecule has 3 heterocycles. The van der Waals surface area contributed by atoms with Gasteiger partial charge in [0.2, 0.25) is 0 Å². The third-order valence-electron chi connectivity index (χ3n) is 3.87. The molecule has 1 atom stereocenters. The molecule has 148 valence electrons. The lowest BCUT2D eigenvalue weighted by Gasteiger charge is -2.13. The molecule has 0 aliphatic heterocycles. The maximum atomic E-state index is 12.6. The fourth-order valence-corrected chi connectivity index (χ4v) is 3.28. The largest absolute Gasteiger partial charge is 0.417 e. The van der Waals surface area contributed by atoms with Gasteiger partial charge in [0.05, 0.1) is 35.3 Å². The minimum absolute atomic E-state index is 0.109. The Hall–Kier alpha value is -2.76. The van der Waals surface area contributed by atoms with Crippen LogP contribution < -0.4 is 11.1 Å². The number of aliphatic hydroxyl groups is 1. The first kappa shape index (κ1) is 20.0. The molecule has 3 aromatic heterocycles. The maximum absolute atomic E-state index is 12.6. The molecule has 7 nitrogen and oxygen atoms in total. The molecule has 0 unspecified atom stereocenters. The van der Waals surface area contributed by atoms with Gasteiger partial charge in [-0.1, -0.05) is 0 Å². The smallest absolute Gasteiger partial charge is 0.390 e. The standard InChI is InChI=1S/C17H16F3N5O2S/c18-17(19,20)9-1-2-11(22-6-9)12-3-4-13(24-12)15(27)25-14(5-21)16-23-10(7-26)8-28-16/h1-4,6,8,14,24,26H,5,7,21H2,(H,25,27)/t14-/m1/s1. The number of pyridine rings is 1. The molecule has 11 heteroatoms. The maximum Gasteiger partial charge on any atom is 0.417 e. The van der Waals surface area contributed by atoms with Crippen molar-refractivity contribution in [1.29, 1.82) is 0 Å². The van der Waals surface area contributed by atoms with Crippen LogP contribution in [0.1, 0.15) is 32.8 Å². The van der Waals surface area contributed by atoms with Gasteiger partial charge in [-0.25, -0.2) is 4.98 Å². The second-order valence-corrected chi connectivity index (χ2v) is 6.70. The van der Waals surface area contributed by atoms with Crippen molar-refractivity contribution in [2.75, 3.05) is 6.54 Å². The number of hydrogen-bond acceptors (Lipinski definition) is 6. The third kappa shape index (κ3) is 4.38. The van der Waals surface area contributed by atoms with E-state index in [0.29, 0.717) is 16.4 Å². The minimum atomic E-state index is -4.46. The Morgan fingerprint density at radius 2 is 2.11 bits per heavy atom. The second-order valence-electron chi connectivity index (χ2n) is 5.81. The number of rotatable bonds is 6. The summed E-state index contributed by atoms with van der Waals surface area (Å²) in [7, 11) is 0. The van der Waals surface area contributed by atoms with Crippen LogP contribution in [0.15, 0.2) is 35.8 Å². The summed E-state index contributed by atoms with van der Waals surface area (Å²) in [6.45, 7) is -0.0972. The number of amides is 1. The predicted octanol–water partition coefficient (Wildman–Crippen LogP) is 2.47. The van der Waals surface area contributed by atoms with Crippen LogP contribution in [0.3, 0.4) is 0 Å². The molecule has 3 rings (SSSR count). The van der Waals surface area contributed by atoms with Gasteiger partial charge in [0, 0.05) is 18.1 Å². The van der Waals surface area contributed by atoms with Crippen LogP contribution >= 0.6 is 11.3 Å². The number of H-pyrrole nitrogens is 1. The lowest BCUT2D eigenvalue weighted by molar-refractivity contribution is -0.137. The molecule has 0 fully saturated rings. The summed E-state index contributed by atoms with van der Waals surface area (Å²) in [6, 6.07) is 4.67. The lowest BCUT2D eigenvalue weighted by atomic mass is 10.2. The van der Waals surface area contributed by atoms with Crippen molar-refractivity contribution >= 4 is 17.2 Å². The summed E-state index contributed by atoms with van der Waals surface area (Å²) in [5.74, 6) is -0.450. The number of aromatic nitrogens is 3. The number of nitrogens with one attached hydrogen (secondary N) is 2. The Balaban J connectivity index is 1.72. The van der Waals surface area contributed by atoms with E-state index < -0.39 is 23.7 Å². The Morgan fingerprint density at radius 1 is 1.32 bits per heavy atom. The number of aromatic amines is 1. The number of carbonyl (C=O) groups excluding carboxylic acids is 1. The fourth-order valence-electron chi connectivity index (χ4n) is 2.41. The molecule has 0 aliphatic carbocycles. The number of carbonyl (C=O) groups is 1. The lowest BCUT2D eigenvalue weighted by Crippen LogP contribution is -2.33. The molecule has 0 bridgehead atoms. The number of halogens is 3. The van der Waals surface area contributed by atoms with Crippen molar-refractivity contribution < 1.29 is 23.1 Å². The molecule has 0 spiro atoms. The topological polar surface area (TPSA) is 117 Å². The Morgan fingerprint density at radius 3 is 2.68 bits per heavy atom. The van der Waals surface area contributed by atoms with Crippen LogP contribution in [0.5, 0.6) is 0 Å². The van der Waals surface area contributed by atoms with E-state index in [-0.39, 0.29) is 24.5 Å². The molecule has 0 radical (unpaired) electrons. The predicted molar refractivity (Wildman–Crippen MR) is 96.3 cm³/mol. The summed E-state index contributed by atoms with van der Waals surface area (Å²) in [5, 5.41) is 14.1. The number of thiazole rings is 1. The average molecular weight is 411 g/mol. The molecule has 1 amide bonds. The summed E-state index contributed by atoms with van der Waals surface area (Å²) in [6.07, 6.45) is -3.73. The number of aliphatic hydroxyl groups excluding tert-OH is 1. The van der Waals surface area contributed by atoms with E-state index in [1.807, 2.05) is 0 Å². The molecule has 0 aliphatic rings. The highest BCUT2D eigenvalue weighted by molar-refractivity contribution is 7.09. The van der Waals surface area contributed by atoms with E-state index in [1.54, 1.807) is 11.4 Å². The van der Waals surface area contributed by atoms with E-state index in [1.165, 1.54) is 23.5 Å². The van der Waals surface area contributed by atoms with E-state index in [4.69, 9.17) is 10.8 Å². The van der Waals surface area contributed by atoms with Gasteiger partial charge in [-0.05, 0) is 24.3 Å². The fraction of sp³-hybridized carbons (Fsp3) is 0.235. The Labute approximate surface area is 161 Å². The van der Waals surface area contributed by atoms with E-state index in [2.05, 4.69) is 20.3 Å². The van der Waals surface area contributed by atoms with Gasteiger partial charge in [-0.15, -0.1) is 11.3 Å². The first-order valence-electron chi connectivity index (χ1n) is 8.10. The molecule has 0 saturated carbocycles. The van der Waals surface area contributed by atoms with E-state index >= 15 is 0 Å². The molecule has 28 heavy (non-hydrogen) atoms. The Bertz CT molecular complexity index is 952. The zero-order valence-corrected chi connectivity index (χ0v) is 15.1. The quantitative estimate of drug-likeness (QED) is 0.497. The summed E-state index contributed by atoms with van der Waals surface area (Å²) < 4.78 is 37.9. The Kier molecular flexibility index (Phi) is 5.77. The molecule has 0 saturated heterocycles. The highest BCUT2D eigenvalue weighted by Crippen LogP contribution is 2.29. The normalized spacial score (nSPS) is 12.8. The average Bonchev–Trinajstić information content (AvgIpc) is 3.35. The van der Waals surface area contributed by atoms with E-state index in [0.717, 1.165) is 12.3 Å². The number of nitrogens with two attached hydrogens (primary N) is 1. The number of alkyl halides is 3. The SMILES string of the molecule is NC[C@@H](NC(=O)c1ccc(-c2ccc(C(F)(F)F)cn2)[nH]1)c1nc(CO)cs1. The highest BCUT2D eigenvalue weighted by Gasteiger charge is 2.30. The van der Waals surface area contributed by atoms with Gasteiger partial charge in [0.15, 0.2) is 0 Å². The van der Waals surface area contributed by atoms with Crippen molar-refractivity contribution in [3.05, 3.63) is 57.8 Å².